The third-order valence-electron chi connectivity index (χ3n) is 2.30. The topological polar surface area (TPSA) is 0 Å². The first-order valence-electron chi connectivity index (χ1n) is 4.59. The van der Waals surface area contributed by atoms with Crippen LogP contribution in [0.4, 0.5) is 0 Å². The van der Waals surface area contributed by atoms with Crippen molar-refractivity contribution in [2.45, 2.75) is 40.0 Å². The highest BCUT2D eigenvalue weighted by Crippen LogP contribution is 2.16. The van der Waals surface area contributed by atoms with Gasteiger partial charge in [-0.3, -0.25) is 0 Å². The minimum Gasteiger partial charge on any atom is -0.207 e. The molecule has 0 heteroatoms. The van der Waals surface area contributed by atoms with Gasteiger partial charge in [0.05, 0.1) is 0 Å². The van der Waals surface area contributed by atoms with E-state index < -0.39 is 0 Å². The lowest BCUT2D eigenvalue weighted by atomic mass is 10.1. The predicted molar refractivity (Wildman–Crippen MR) is 50.2 cm³/mol. The lowest BCUT2D eigenvalue weighted by molar-refractivity contribution is 1.06. The van der Waals surface area contributed by atoms with Crippen molar-refractivity contribution >= 4 is 0 Å². The Balaban J connectivity index is 2.92. The van der Waals surface area contributed by atoms with Gasteiger partial charge in [0.25, 0.3) is 0 Å². The molecule has 0 aliphatic rings. The quantitative estimate of drug-likeness (QED) is 0.579. The Hall–Kier alpha value is -0.650. The molecular weight excluding hydrogens is 132 g/mol. The van der Waals surface area contributed by atoms with Crippen molar-refractivity contribution in [3.8, 4) is 0 Å². The van der Waals surface area contributed by atoms with Crippen LogP contribution in [0.5, 0.6) is 0 Å². The summed E-state index contributed by atoms with van der Waals surface area (Å²) < 4.78 is 0. The van der Waals surface area contributed by atoms with Crippen LogP contribution in [0.2, 0.25) is 0 Å². The van der Waals surface area contributed by atoms with Crippen LogP contribution in [0.3, 0.4) is 0 Å². The number of hydrogen-bond acceptors (Lipinski definition) is 0. The Labute approximate surface area is 69.6 Å². The molecule has 0 heterocycles. The Bertz CT molecular complexity index is 196. The fourth-order valence-electron chi connectivity index (χ4n) is 1.54. The molecule has 0 N–H and O–H groups in total. The van der Waals surface area contributed by atoms with E-state index in [1.807, 2.05) is 0 Å². The minimum atomic E-state index is 1.17. The Kier molecular flexibility index (Phi) is 2.81. The van der Waals surface area contributed by atoms with Gasteiger partial charge in [-0.2, -0.15) is 22.8 Å². The van der Waals surface area contributed by atoms with E-state index in [0.717, 1.165) is 0 Å². The van der Waals surface area contributed by atoms with E-state index in [-0.39, 0.29) is 0 Å². The zero-order valence-corrected chi connectivity index (χ0v) is 7.78. The highest BCUT2D eigenvalue weighted by molar-refractivity contribution is 5.35. The Morgan fingerprint density at radius 2 is 1.82 bits per heavy atom. The Morgan fingerprint density at radius 1 is 1.09 bits per heavy atom. The molecule has 11 heavy (non-hydrogen) atoms. The molecule has 0 aliphatic heterocycles. The van der Waals surface area contributed by atoms with Gasteiger partial charge in [0, 0.05) is 0 Å². The van der Waals surface area contributed by atoms with Crippen LogP contribution in [0.1, 0.15) is 37.5 Å². The number of aryl methyl sites for hydroxylation is 3. The molecule has 0 fully saturated rings. The normalized spacial score (nSPS) is 10.5. The van der Waals surface area contributed by atoms with Crippen LogP contribution in [-0.4, -0.2) is 0 Å². The number of rotatable bonds is 3. The van der Waals surface area contributed by atoms with Crippen LogP contribution in [-0.2, 0) is 19.3 Å². The van der Waals surface area contributed by atoms with E-state index in [0.29, 0.717) is 0 Å². The van der Waals surface area contributed by atoms with E-state index in [4.69, 9.17) is 0 Å². The molecule has 1 rings (SSSR count). The summed E-state index contributed by atoms with van der Waals surface area (Å²) in [5, 5.41) is 0. The first-order chi connectivity index (χ1) is 5.31. The van der Waals surface area contributed by atoms with Gasteiger partial charge in [-0.25, -0.2) is 6.07 Å². The smallest absolute Gasteiger partial charge is 0.0540 e. The van der Waals surface area contributed by atoms with Crippen molar-refractivity contribution in [3.63, 3.8) is 0 Å². The molecule has 0 saturated carbocycles. The van der Waals surface area contributed by atoms with E-state index in [2.05, 4.69) is 32.9 Å². The fraction of sp³-hybridized carbons (Fsp3) is 0.545. The standard InChI is InChI=1S/C11H17/c1-4-9-7-10(5-2)11(6-3)8-9/h7-8H,4-6H2,1-3H3/q-1. The molecule has 0 radical (unpaired) electrons. The predicted octanol–water partition coefficient (Wildman–Crippen LogP) is 3.09. The lowest BCUT2D eigenvalue weighted by Crippen LogP contribution is -1.81. The molecule has 0 unspecified atom stereocenters. The zero-order valence-electron chi connectivity index (χ0n) is 7.78. The molecule has 1 aromatic rings. The third-order valence-corrected chi connectivity index (χ3v) is 2.30. The van der Waals surface area contributed by atoms with Crippen LogP contribution >= 0.6 is 0 Å². The van der Waals surface area contributed by atoms with Gasteiger partial charge in [0.15, 0.2) is 0 Å². The molecule has 0 aromatic heterocycles. The molecule has 0 spiro atoms. The monoisotopic (exact) mass is 149 g/mol. The summed E-state index contributed by atoms with van der Waals surface area (Å²) in [7, 11) is 0. The molecule has 0 bridgehead atoms. The second-order valence-electron chi connectivity index (χ2n) is 2.97. The van der Waals surface area contributed by atoms with E-state index in [1.165, 1.54) is 24.8 Å². The van der Waals surface area contributed by atoms with Crippen molar-refractivity contribution in [1.29, 1.82) is 0 Å². The molecule has 0 saturated heterocycles. The largest absolute Gasteiger partial charge is 0.207 e. The van der Waals surface area contributed by atoms with Gasteiger partial charge < -0.3 is 0 Å². The van der Waals surface area contributed by atoms with E-state index in [9.17, 15) is 0 Å². The first kappa shape index (κ1) is 8.45. The van der Waals surface area contributed by atoms with Crippen molar-refractivity contribution in [3.05, 3.63) is 28.8 Å². The molecule has 1 aromatic carbocycles. The summed E-state index contributed by atoms with van der Waals surface area (Å²) in [6, 6.07) is 4.69. The van der Waals surface area contributed by atoms with Crippen molar-refractivity contribution in [2.24, 2.45) is 0 Å². The maximum Gasteiger partial charge on any atom is -0.0540 e. The molecule has 0 nitrogen and oxygen atoms in total. The summed E-state index contributed by atoms with van der Waals surface area (Å²) >= 11 is 0. The first-order valence-corrected chi connectivity index (χ1v) is 4.59. The van der Waals surface area contributed by atoms with Crippen molar-refractivity contribution < 1.29 is 0 Å². The van der Waals surface area contributed by atoms with Crippen LogP contribution in [0.25, 0.3) is 0 Å². The lowest BCUT2D eigenvalue weighted by Gasteiger charge is -2.04. The van der Waals surface area contributed by atoms with Gasteiger partial charge >= 0.3 is 0 Å². The molecule has 0 atom stereocenters. The van der Waals surface area contributed by atoms with Gasteiger partial charge in [-0.15, -0.1) is 0 Å². The summed E-state index contributed by atoms with van der Waals surface area (Å²) in [5.41, 5.74) is 4.59. The molecule has 62 valence electrons. The van der Waals surface area contributed by atoms with Crippen LogP contribution in [0.15, 0.2) is 12.1 Å². The highest BCUT2D eigenvalue weighted by Gasteiger charge is 1.91. The van der Waals surface area contributed by atoms with Gasteiger partial charge in [0.2, 0.25) is 0 Å². The average molecular weight is 149 g/mol. The maximum absolute atomic E-state index is 2.35. The maximum atomic E-state index is 2.35. The molecule has 0 amide bonds. The van der Waals surface area contributed by atoms with Gasteiger partial charge in [0.1, 0.15) is 0 Å². The second kappa shape index (κ2) is 3.66. The van der Waals surface area contributed by atoms with Gasteiger partial charge in [-0.05, 0) is 0 Å². The zero-order chi connectivity index (χ0) is 8.27. The molecule has 0 aliphatic carbocycles. The highest BCUT2D eigenvalue weighted by atomic mass is 14.1. The molecular formula is C11H17-. The number of hydrogen-bond donors (Lipinski definition) is 0. The summed E-state index contributed by atoms with van der Waals surface area (Å²) in [5.74, 6) is 0. The third kappa shape index (κ3) is 1.68. The van der Waals surface area contributed by atoms with Crippen molar-refractivity contribution in [1.82, 2.24) is 0 Å². The Morgan fingerprint density at radius 3 is 2.18 bits per heavy atom. The average Bonchev–Trinajstić information content (AvgIpc) is 2.46. The van der Waals surface area contributed by atoms with Crippen LogP contribution in [0, 0.1) is 0 Å². The summed E-state index contributed by atoms with van der Waals surface area (Å²) in [4.78, 5) is 0. The second-order valence-corrected chi connectivity index (χ2v) is 2.97. The summed E-state index contributed by atoms with van der Waals surface area (Å²) in [6.07, 6.45) is 3.54. The fourth-order valence-corrected chi connectivity index (χ4v) is 1.54. The van der Waals surface area contributed by atoms with Gasteiger partial charge in [-0.1, -0.05) is 40.0 Å². The minimum absolute atomic E-state index is 1.17. The van der Waals surface area contributed by atoms with Crippen molar-refractivity contribution in [2.75, 3.05) is 0 Å². The van der Waals surface area contributed by atoms with E-state index in [1.54, 1.807) is 11.1 Å². The SMILES string of the molecule is CCc1cc(CC)c(CC)[cH-]1. The van der Waals surface area contributed by atoms with Crippen LogP contribution < -0.4 is 0 Å². The van der Waals surface area contributed by atoms with E-state index >= 15 is 0 Å². The summed E-state index contributed by atoms with van der Waals surface area (Å²) in [6.45, 7) is 6.68.